The number of carbonyl (C=O) groups excluding carboxylic acids is 2. The van der Waals surface area contributed by atoms with E-state index in [1.165, 1.54) is 18.2 Å². The van der Waals surface area contributed by atoms with Gasteiger partial charge in [0.15, 0.2) is 5.82 Å². The second-order valence-corrected chi connectivity index (χ2v) is 7.52. The van der Waals surface area contributed by atoms with Gasteiger partial charge >= 0.3 is 12.1 Å². The highest BCUT2D eigenvalue weighted by Gasteiger charge is 2.29. The number of nitrogens with one attached hydrogen (secondary N) is 2. The van der Waals surface area contributed by atoms with Crippen molar-refractivity contribution < 1.29 is 28.6 Å². The summed E-state index contributed by atoms with van der Waals surface area (Å²) in [5.41, 5.74) is 3.77. The van der Waals surface area contributed by atoms with E-state index in [0.29, 0.717) is 0 Å². The van der Waals surface area contributed by atoms with E-state index in [9.17, 15) is 18.8 Å². The summed E-state index contributed by atoms with van der Waals surface area (Å²) in [6.45, 7) is -0.0749. The summed E-state index contributed by atoms with van der Waals surface area (Å²) in [4.78, 5) is 35.1. The standard InChI is InChI=1S/C25H21FN2O5/c26-23-19(24(31)27-13-12-22(29)30)10-5-11-21(23)28-25(32)33-14-20-17-8-3-1-6-15(17)16-7-2-4-9-18(16)20/h1-11,20H,12-14H2,(H,27,31)(H,28,32)(H,29,30). The van der Waals surface area contributed by atoms with Crippen LogP contribution in [0.2, 0.25) is 0 Å². The van der Waals surface area contributed by atoms with Gasteiger partial charge in [0.05, 0.1) is 17.7 Å². The van der Waals surface area contributed by atoms with E-state index in [-0.39, 0.29) is 36.7 Å². The van der Waals surface area contributed by atoms with E-state index in [1.54, 1.807) is 0 Å². The lowest BCUT2D eigenvalue weighted by Gasteiger charge is -2.15. The van der Waals surface area contributed by atoms with E-state index in [2.05, 4.69) is 10.6 Å². The quantitative estimate of drug-likeness (QED) is 0.497. The molecule has 1 aliphatic carbocycles. The molecule has 8 heteroatoms. The molecule has 0 atom stereocenters. The SMILES string of the molecule is O=C(O)CCNC(=O)c1cccc(NC(=O)OCC2c3ccccc3-c3ccccc32)c1F. The monoisotopic (exact) mass is 448 g/mol. The molecular weight excluding hydrogens is 427 g/mol. The summed E-state index contributed by atoms with van der Waals surface area (Å²) in [6.07, 6.45) is -1.13. The number of fused-ring (bicyclic) bond motifs is 3. The second-order valence-electron chi connectivity index (χ2n) is 7.52. The molecule has 4 rings (SSSR count). The Hall–Kier alpha value is -4.20. The Morgan fingerprint density at radius 2 is 1.55 bits per heavy atom. The Kier molecular flexibility index (Phi) is 6.35. The predicted octanol–water partition coefficient (Wildman–Crippen LogP) is 4.39. The number of benzene rings is 3. The number of carboxylic acids is 1. The van der Waals surface area contributed by atoms with Gasteiger partial charge in [0, 0.05) is 12.5 Å². The van der Waals surface area contributed by atoms with Gasteiger partial charge in [-0.2, -0.15) is 0 Å². The minimum atomic E-state index is -1.08. The number of anilines is 1. The molecule has 7 nitrogen and oxygen atoms in total. The van der Waals surface area contributed by atoms with Crippen LogP contribution in [0.4, 0.5) is 14.9 Å². The zero-order chi connectivity index (χ0) is 23.4. The third-order valence-corrected chi connectivity index (χ3v) is 5.45. The van der Waals surface area contributed by atoms with E-state index in [1.807, 2.05) is 48.5 Å². The minimum absolute atomic E-state index is 0.0663. The topological polar surface area (TPSA) is 105 Å². The van der Waals surface area contributed by atoms with Gasteiger partial charge in [-0.05, 0) is 34.4 Å². The van der Waals surface area contributed by atoms with Crippen LogP contribution in [-0.2, 0) is 9.53 Å². The van der Waals surface area contributed by atoms with Crippen molar-refractivity contribution in [2.45, 2.75) is 12.3 Å². The van der Waals surface area contributed by atoms with Crippen LogP contribution in [-0.4, -0.2) is 36.2 Å². The molecule has 2 amide bonds. The van der Waals surface area contributed by atoms with Crippen LogP contribution in [0.1, 0.15) is 33.8 Å². The molecule has 0 bridgehead atoms. The smallest absolute Gasteiger partial charge is 0.411 e. The van der Waals surface area contributed by atoms with Gasteiger partial charge in [-0.3, -0.25) is 14.9 Å². The first-order valence-electron chi connectivity index (χ1n) is 10.4. The van der Waals surface area contributed by atoms with Gasteiger partial charge < -0.3 is 15.2 Å². The second kappa shape index (κ2) is 9.52. The van der Waals surface area contributed by atoms with Gasteiger partial charge in [0.2, 0.25) is 0 Å². The zero-order valence-electron chi connectivity index (χ0n) is 17.5. The molecule has 0 radical (unpaired) electrons. The maximum absolute atomic E-state index is 14.8. The van der Waals surface area contributed by atoms with Crippen LogP contribution in [0, 0.1) is 5.82 Å². The van der Waals surface area contributed by atoms with Crippen molar-refractivity contribution in [2.24, 2.45) is 0 Å². The summed E-state index contributed by atoms with van der Waals surface area (Å²) in [5, 5.41) is 13.3. The number of amides is 2. The van der Waals surface area contributed by atoms with Crippen molar-refractivity contribution in [3.05, 3.63) is 89.2 Å². The summed E-state index contributed by atoms with van der Waals surface area (Å²) in [7, 11) is 0. The van der Waals surface area contributed by atoms with E-state index in [4.69, 9.17) is 9.84 Å². The lowest BCUT2D eigenvalue weighted by atomic mass is 9.98. The molecule has 0 aromatic heterocycles. The molecular formula is C25H21FN2O5. The number of hydrogen-bond acceptors (Lipinski definition) is 4. The Bertz CT molecular complexity index is 1180. The molecule has 1 aliphatic rings. The van der Waals surface area contributed by atoms with Crippen molar-refractivity contribution in [3.8, 4) is 11.1 Å². The highest BCUT2D eigenvalue weighted by molar-refractivity contribution is 5.96. The first kappa shape index (κ1) is 22.0. The average molecular weight is 448 g/mol. The number of rotatable bonds is 7. The fourth-order valence-corrected chi connectivity index (χ4v) is 3.93. The van der Waals surface area contributed by atoms with Crippen molar-refractivity contribution in [1.29, 1.82) is 0 Å². The molecule has 3 N–H and O–H groups in total. The van der Waals surface area contributed by atoms with Gasteiger partial charge in [0.25, 0.3) is 5.91 Å². The Balaban J connectivity index is 1.42. The predicted molar refractivity (Wildman–Crippen MR) is 120 cm³/mol. The van der Waals surface area contributed by atoms with E-state index >= 15 is 0 Å². The van der Waals surface area contributed by atoms with Gasteiger partial charge in [-0.1, -0.05) is 54.6 Å². The van der Waals surface area contributed by atoms with E-state index < -0.39 is 23.8 Å². The summed E-state index contributed by atoms with van der Waals surface area (Å²) >= 11 is 0. The maximum atomic E-state index is 14.8. The molecule has 0 heterocycles. The average Bonchev–Trinajstić information content (AvgIpc) is 3.12. The Labute approximate surface area is 189 Å². The van der Waals surface area contributed by atoms with Crippen LogP contribution in [0.15, 0.2) is 66.7 Å². The lowest BCUT2D eigenvalue weighted by Crippen LogP contribution is -2.27. The third kappa shape index (κ3) is 4.69. The highest BCUT2D eigenvalue weighted by Crippen LogP contribution is 2.44. The van der Waals surface area contributed by atoms with Crippen LogP contribution >= 0.6 is 0 Å². The third-order valence-electron chi connectivity index (χ3n) is 5.45. The molecule has 0 spiro atoms. The molecule has 0 saturated heterocycles. The number of halogens is 1. The molecule has 168 valence electrons. The molecule has 0 fully saturated rings. The number of ether oxygens (including phenoxy) is 1. The number of aliphatic carboxylic acids is 1. The summed E-state index contributed by atoms with van der Waals surface area (Å²) in [5.74, 6) is -2.93. The van der Waals surface area contributed by atoms with Crippen molar-refractivity contribution in [3.63, 3.8) is 0 Å². The lowest BCUT2D eigenvalue weighted by molar-refractivity contribution is -0.136. The number of carboxylic acid groups (broad SMARTS) is 1. The molecule has 33 heavy (non-hydrogen) atoms. The summed E-state index contributed by atoms with van der Waals surface area (Å²) < 4.78 is 20.2. The highest BCUT2D eigenvalue weighted by atomic mass is 19.1. The van der Waals surface area contributed by atoms with Gasteiger partial charge in [-0.25, -0.2) is 9.18 Å². The van der Waals surface area contributed by atoms with Crippen LogP contribution < -0.4 is 10.6 Å². The van der Waals surface area contributed by atoms with Crippen LogP contribution in [0.25, 0.3) is 11.1 Å². The minimum Gasteiger partial charge on any atom is -0.481 e. The van der Waals surface area contributed by atoms with Gasteiger partial charge in [-0.15, -0.1) is 0 Å². The molecule has 3 aromatic carbocycles. The first-order valence-corrected chi connectivity index (χ1v) is 10.4. The van der Waals surface area contributed by atoms with Crippen LogP contribution in [0.3, 0.4) is 0 Å². The maximum Gasteiger partial charge on any atom is 0.411 e. The largest absolute Gasteiger partial charge is 0.481 e. The van der Waals surface area contributed by atoms with Crippen LogP contribution in [0.5, 0.6) is 0 Å². The Morgan fingerprint density at radius 1 is 0.909 bits per heavy atom. The van der Waals surface area contributed by atoms with Crippen molar-refractivity contribution >= 4 is 23.7 Å². The first-order chi connectivity index (χ1) is 16.0. The van der Waals surface area contributed by atoms with Gasteiger partial charge in [0.1, 0.15) is 6.61 Å². The molecule has 3 aromatic rings. The molecule has 0 aliphatic heterocycles. The zero-order valence-corrected chi connectivity index (χ0v) is 17.5. The molecule has 0 saturated carbocycles. The molecule has 0 unspecified atom stereocenters. The Morgan fingerprint density at radius 3 is 2.18 bits per heavy atom. The fraction of sp³-hybridized carbons (Fsp3) is 0.160. The van der Waals surface area contributed by atoms with E-state index in [0.717, 1.165) is 22.3 Å². The summed E-state index contributed by atoms with van der Waals surface area (Å²) in [6, 6.07) is 19.8. The van der Waals surface area contributed by atoms with Crippen molar-refractivity contribution in [1.82, 2.24) is 5.32 Å². The number of carbonyl (C=O) groups is 3. The van der Waals surface area contributed by atoms with Crippen molar-refractivity contribution in [2.75, 3.05) is 18.5 Å². The fourth-order valence-electron chi connectivity index (χ4n) is 3.93. The number of hydrogen-bond donors (Lipinski definition) is 3. The normalized spacial score (nSPS) is 11.9.